The Labute approximate surface area is 184 Å². The van der Waals surface area contributed by atoms with Gasteiger partial charge in [0.25, 0.3) is 5.56 Å². The zero-order valence-corrected chi connectivity index (χ0v) is 19.1. The Morgan fingerprint density at radius 2 is 1.73 bits per heavy atom. The fourth-order valence-electron chi connectivity index (χ4n) is 3.31. The molecule has 3 aromatic rings. The molecule has 1 heterocycles. The van der Waals surface area contributed by atoms with Crippen LogP contribution in [-0.4, -0.2) is 23.1 Å². The van der Waals surface area contributed by atoms with E-state index in [0.29, 0.717) is 16.7 Å². The maximum absolute atomic E-state index is 13.2. The molecular formula is C22H23BrN2O4S. The summed E-state index contributed by atoms with van der Waals surface area (Å²) < 4.78 is 28.5. The first-order valence-electron chi connectivity index (χ1n) is 9.67. The quantitative estimate of drug-likeness (QED) is 0.526. The van der Waals surface area contributed by atoms with Crippen molar-refractivity contribution >= 4 is 25.8 Å². The van der Waals surface area contributed by atoms with Crippen LogP contribution in [0.2, 0.25) is 0 Å². The van der Waals surface area contributed by atoms with E-state index in [9.17, 15) is 18.3 Å². The molecule has 158 valence electrons. The summed E-state index contributed by atoms with van der Waals surface area (Å²) in [5.74, 6) is -0.217. The molecule has 0 unspecified atom stereocenters. The molecule has 3 rings (SSSR count). The van der Waals surface area contributed by atoms with Crippen LogP contribution in [0.5, 0.6) is 5.88 Å². The number of unbranched alkanes of at least 4 members (excludes halogenated alkanes) is 1. The summed E-state index contributed by atoms with van der Waals surface area (Å²) >= 11 is 3.27. The van der Waals surface area contributed by atoms with Gasteiger partial charge in [0.15, 0.2) is 4.90 Å². The van der Waals surface area contributed by atoms with Crippen LogP contribution in [0.4, 0.5) is 0 Å². The Hall–Kier alpha value is -2.45. The molecule has 0 aliphatic carbocycles. The van der Waals surface area contributed by atoms with E-state index in [0.717, 1.165) is 18.4 Å². The molecule has 0 bridgehead atoms. The zero-order chi connectivity index (χ0) is 21.9. The number of benzene rings is 2. The van der Waals surface area contributed by atoms with E-state index < -0.39 is 32.2 Å². The number of aryl methyl sites for hydroxylation is 1. The van der Waals surface area contributed by atoms with Crippen molar-refractivity contribution < 1.29 is 13.5 Å². The predicted octanol–water partition coefficient (Wildman–Crippen LogP) is 4.50. The van der Waals surface area contributed by atoms with Crippen molar-refractivity contribution in [3.63, 3.8) is 0 Å². The van der Waals surface area contributed by atoms with Crippen LogP contribution in [-0.2, 0) is 16.3 Å². The normalized spacial score (nSPS) is 12.6. The van der Waals surface area contributed by atoms with Crippen molar-refractivity contribution in [2.75, 3.05) is 0 Å². The van der Waals surface area contributed by atoms with Crippen molar-refractivity contribution in [3.05, 3.63) is 80.8 Å². The highest BCUT2D eigenvalue weighted by atomic mass is 79.9. The van der Waals surface area contributed by atoms with Crippen LogP contribution < -0.4 is 5.56 Å². The topological polar surface area (TPSA) is 89.3 Å². The maximum atomic E-state index is 13.2. The monoisotopic (exact) mass is 490 g/mol. The van der Waals surface area contributed by atoms with E-state index in [1.165, 1.54) is 16.7 Å². The highest BCUT2D eigenvalue weighted by Gasteiger charge is 2.31. The lowest BCUT2D eigenvalue weighted by molar-refractivity contribution is 0.369. The average Bonchev–Trinajstić information content (AvgIpc) is 2.72. The number of halogens is 1. The van der Waals surface area contributed by atoms with Gasteiger partial charge in [0.2, 0.25) is 15.7 Å². The third kappa shape index (κ3) is 4.34. The molecule has 1 N–H and O–H groups in total. The van der Waals surface area contributed by atoms with Crippen LogP contribution in [0.25, 0.3) is 0 Å². The van der Waals surface area contributed by atoms with Gasteiger partial charge in [-0.05, 0) is 43.2 Å². The van der Waals surface area contributed by atoms with Gasteiger partial charge >= 0.3 is 0 Å². The van der Waals surface area contributed by atoms with Crippen molar-refractivity contribution in [2.24, 2.45) is 0 Å². The number of hydrogen-bond donors (Lipinski definition) is 1. The lowest BCUT2D eigenvalue weighted by Crippen LogP contribution is -2.27. The first-order chi connectivity index (χ1) is 14.3. The van der Waals surface area contributed by atoms with E-state index in [2.05, 4.69) is 20.9 Å². The number of rotatable bonds is 7. The van der Waals surface area contributed by atoms with Gasteiger partial charge in [-0.15, -0.1) is 0 Å². The highest BCUT2D eigenvalue weighted by Crippen LogP contribution is 2.31. The van der Waals surface area contributed by atoms with Crippen LogP contribution in [0.3, 0.4) is 0 Å². The van der Waals surface area contributed by atoms with Crippen LogP contribution in [0.1, 0.15) is 44.1 Å². The van der Waals surface area contributed by atoms with Gasteiger partial charge in [-0.25, -0.2) is 8.42 Å². The third-order valence-electron chi connectivity index (χ3n) is 4.95. The fraction of sp³-hybridized carbons (Fsp3) is 0.273. The van der Waals surface area contributed by atoms with Gasteiger partial charge in [-0.3, -0.25) is 9.36 Å². The molecule has 0 aliphatic heterocycles. The smallest absolute Gasteiger partial charge is 0.296 e. The number of nitrogens with zero attached hydrogens (tertiary/aromatic N) is 2. The standard InChI is InChI=1S/C22H23BrN2O4S/c1-3-4-10-19-24-21(26)20(30(28,29)18-13-11-17(23)12-14-18)22(27)25(19)15(2)16-8-6-5-7-9-16/h5-9,11-15,27H,3-4,10H2,1-2H3/t15-/m0/s1. The Balaban J connectivity index is 2.25. The predicted molar refractivity (Wildman–Crippen MR) is 119 cm³/mol. The van der Waals surface area contributed by atoms with Crippen LogP contribution in [0, 0.1) is 0 Å². The fourth-order valence-corrected chi connectivity index (χ4v) is 4.92. The van der Waals surface area contributed by atoms with Crippen molar-refractivity contribution in [2.45, 2.75) is 48.9 Å². The molecule has 1 atom stereocenters. The van der Waals surface area contributed by atoms with E-state index in [1.54, 1.807) is 12.1 Å². The molecule has 0 saturated heterocycles. The molecular weight excluding hydrogens is 468 g/mol. The maximum Gasteiger partial charge on any atom is 0.296 e. The average molecular weight is 491 g/mol. The van der Waals surface area contributed by atoms with Crippen molar-refractivity contribution in [1.82, 2.24) is 9.55 Å². The number of aromatic hydroxyl groups is 1. The summed E-state index contributed by atoms with van der Waals surface area (Å²) in [4.78, 5) is 16.1. The largest absolute Gasteiger partial charge is 0.493 e. The Morgan fingerprint density at radius 3 is 2.33 bits per heavy atom. The first kappa shape index (κ1) is 22.2. The summed E-state index contributed by atoms with van der Waals surface area (Å²) in [5.41, 5.74) is -0.0824. The minimum atomic E-state index is -4.26. The summed E-state index contributed by atoms with van der Waals surface area (Å²) in [6, 6.07) is 14.9. The molecule has 0 saturated carbocycles. The second kappa shape index (κ2) is 9.14. The van der Waals surface area contributed by atoms with Gasteiger partial charge in [0.1, 0.15) is 5.82 Å². The number of hydrogen-bond acceptors (Lipinski definition) is 5. The molecule has 0 radical (unpaired) electrons. The SMILES string of the molecule is CCCCc1nc(=O)c(S(=O)(=O)c2ccc(Br)cc2)c(O)n1[C@@H](C)c1ccccc1. The van der Waals surface area contributed by atoms with Crippen LogP contribution >= 0.6 is 15.9 Å². The molecule has 2 aromatic carbocycles. The molecule has 0 aliphatic rings. The highest BCUT2D eigenvalue weighted by molar-refractivity contribution is 9.10. The Morgan fingerprint density at radius 1 is 1.10 bits per heavy atom. The van der Waals surface area contributed by atoms with E-state index >= 15 is 0 Å². The second-order valence-electron chi connectivity index (χ2n) is 7.00. The molecule has 30 heavy (non-hydrogen) atoms. The summed E-state index contributed by atoms with van der Waals surface area (Å²) in [7, 11) is -4.26. The third-order valence-corrected chi connectivity index (χ3v) is 7.27. The van der Waals surface area contributed by atoms with Crippen molar-refractivity contribution in [1.29, 1.82) is 0 Å². The summed E-state index contributed by atoms with van der Waals surface area (Å²) in [6.45, 7) is 3.85. The lowest BCUT2D eigenvalue weighted by Gasteiger charge is -2.23. The van der Waals surface area contributed by atoms with Crippen molar-refractivity contribution in [3.8, 4) is 5.88 Å². The molecule has 1 aromatic heterocycles. The summed E-state index contributed by atoms with van der Waals surface area (Å²) in [5, 5.41) is 11.1. The van der Waals surface area contributed by atoms with Gasteiger partial charge in [0.05, 0.1) is 10.9 Å². The Bertz CT molecular complexity index is 1190. The number of sulfone groups is 1. The molecule has 0 fully saturated rings. The first-order valence-corrected chi connectivity index (χ1v) is 11.9. The van der Waals surface area contributed by atoms with Gasteiger partial charge < -0.3 is 5.11 Å². The lowest BCUT2D eigenvalue weighted by atomic mass is 10.1. The van der Waals surface area contributed by atoms with Crippen LogP contribution in [0.15, 0.2) is 73.7 Å². The summed E-state index contributed by atoms with van der Waals surface area (Å²) in [6.07, 6.45) is 2.08. The second-order valence-corrected chi connectivity index (χ2v) is 9.81. The zero-order valence-electron chi connectivity index (χ0n) is 16.7. The molecule has 8 heteroatoms. The van der Waals surface area contributed by atoms with E-state index in [1.807, 2.05) is 44.2 Å². The minimum absolute atomic E-state index is 0.0832. The van der Waals surface area contributed by atoms with Gasteiger partial charge in [0, 0.05) is 10.9 Å². The molecule has 0 spiro atoms. The van der Waals surface area contributed by atoms with E-state index in [-0.39, 0.29) is 4.90 Å². The van der Waals surface area contributed by atoms with Gasteiger partial charge in [-0.1, -0.05) is 59.6 Å². The number of aromatic nitrogens is 2. The van der Waals surface area contributed by atoms with Gasteiger partial charge in [-0.2, -0.15) is 4.98 Å². The minimum Gasteiger partial charge on any atom is -0.493 e. The van der Waals surface area contributed by atoms with E-state index in [4.69, 9.17) is 0 Å². The Kier molecular flexibility index (Phi) is 6.77. The molecule has 6 nitrogen and oxygen atoms in total. The molecule has 0 amide bonds.